The summed E-state index contributed by atoms with van der Waals surface area (Å²) in [7, 11) is -4.57. The van der Waals surface area contributed by atoms with Crippen molar-refractivity contribution in [1.29, 1.82) is 0 Å². The highest BCUT2D eigenvalue weighted by Gasteiger charge is 2.38. The predicted molar refractivity (Wildman–Crippen MR) is 61.6 cm³/mol. The summed E-state index contributed by atoms with van der Waals surface area (Å²) in [6, 6.07) is 0. The van der Waals surface area contributed by atoms with E-state index >= 15 is 0 Å². The van der Waals surface area contributed by atoms with Crippen LogP contribution in [0.3, 0.4) is 0 Å². The van der Waals surface area contributed by atoms with Crippen LogP contribution in [-0.2, 0) is 15.0 Å². The molecule has 1 heterocycles. The smallest absolute Gasteiger partial charge is 0.307 e. The molecule has 0 aromatic rings. The third kappa shape index (κ3) is 3.18. The number of carbonyl (C=O) groups excluding carboxylic acids is 1. The number of hydrogen-bond acceptors (Lipinski definition) is 3. The zero-order valence-corrected chi connectivity index (χ0v) is 10.6. The topological polar surface area (TPSA) is 54.5 Å². The standard InChI is InChI=1S/C11H18FNO3S/c12-17(15,16)10-6-11(14)13(8-10)7-9-4-2-1-3-5-9/h9-10H,1-8H2. The maximum Gasteiger partial charge on any atom is 0.307 e. The molecule has 17 heavy (non-hydrogen) atoms. The molecule has 0 aromatic heterocycles. The lowest BCUT2D eigenvalue weighted by Crippen LogP contribution is -2.33. The second-order valence-corrected chi connectivity index (χ2v) is 6.72. The molecule has 1 aliphatic heterocycles. The van der Waals surface area contributed by atoms with Gasteiger partial charge in [-0.05, 0) is 18.8 Å². The largest absolute Gasteiger partial charge is 0.341 e. The minimum atomic E-state index is -4.57. The van der Waals surface area contributed by atoms with Crippen molar-refractivity contribution in [2.45, 2.75) is 43.8 Å². The van der Waals surface area contributed by atoms with Crippen molar-refractivity contribution in [2.24, 2.45) is 5.92 Å². The van der Waals surface area contributed by atoms with Gasteiger partial charge in [0.05, 0.1) is 0 Å². The summed E-state index contributed by atoms with van der Waals surface area (Å²) >= 11 is 0. The van der Waals surface area contributed by atoms with Crippen LogP contribution in [0.5, 0.6) is 0 Å². The Morgan fingerprint density at radius 2 is 1.88 bits per heavy atom. The molecule has 1 amide bonds. The SMILES string of the molecule is O=C1CC(S(=O)(=O)F)CN1CC1CCCCC1. The quantitative estimate of drug-likeness (QED) is 0.724. The minimum Gasteiger partial charge on any atom is -0.341 e. The second kappa shape index (κ2) is 4.92. The van der Waals surface area contributed by atoms with Gasteiger partial charge >= 0.3 is 10.2 Å². The third-order valence-corrected chi connectivity index (χ3v) is 4.89. The average molecular weight is 263 g/mol. The maximum absolute atomic E-state index is 12.8. The van der Waals surface area contributed by atoms with E-state index in [1.54, 1.807) is 0 Å². The predicted octanol–water partition coefficient (Wildman–Crippen LogP) is 1.47. The van der Waals surface area contributed by atoms with Crippen LogP contribution < -0.4 is 0 Å². The number of amides is 1. The van der Waals surface area contributed by atoms with Crippen LogP contribution in [0.15, 0.2) is 0 Å². The summed E-state index contributed by atoms with van der Waals surface area (Å²) in [6.45, 7) is 0.638. The molecule has 2 rings (SSSR count). The lowest BCUT2D eigenvalue weighted by Gasteiger charge is -2.26. The molecule has 0 radical (unpaired) electrons. The fourth-order valence-corrected chi connectivity index (χ4v) is 3.48. The highest BCUT2D eigenvalue weighted by Crippen LogP contribution is 2.27. The van der Waals surface area contributed by atoms with E-state index in [0.717, 1.165) is 12.8 Å². The Bertz CT molecular complexity index is 390. The number of likely N-dealkylation sites (tertiary alicyclic amines) is 1. The molecule has 1 saturated heterocycles. The number of carbonyl (C=O) groups is 1. The van der Waals surface area contributed by atoms with E-state index < -0.39 is 15.5 Å². The third-order valence-electron chi connectivity index (χ3n) is 3.78. The zero-order valence-electron chi connectivity index (χ0n) is 9.77. The first-order valence-electron chi connectivity index (χ1n) is 6.18. The summed E-state index contributed by atoms with van der Waals surface area (Å²) in [6.07, 6.45) is 5.60. The Morgan fingerprint density at radius 1 is 1.24 bits per heavy atom. The first kappa shape index (κ1) is 12.8. The molecule has 2 aliphatic rings. The van der Waals surface area contributed by atoms with Crippen LogP contribution in [0.25, 0.3) is 0 Å². The number of rotatable bonds is 3. The van der Waals surface area contributed by atoms with Gasteiger partial charge in [-0.2, -0.15) is 8.42 Å². The van der Waals surface area contributed by atoms with Gasteiger partial charge in [-0.15, -0.1) is 3.89 Å². The number of halogens is 1. The van der Waals surface area contributed by atoms with Gasteiger partial charge in [0.25, 0.3) is 0 Å². The molecular formula is C11H18FNO3S. The molecule has 0 aromatic carbocycles. The van der Waals surface area contributed by atoms with Crippen molar-refractivity contribution in [2.75, 3.05) is 13.1 Å². The van der Waals surface area contributed by atoms with Crippen LogP contribution in [0.1, 0.15) is 38.5 Å². The molecule has 1 aliphatic carbocycles. The van der Waals surface area contributed by atoms with E-state index in [4.69, 9.17) is 0 Å². The summed E-state index contributed by atoms with van der Waals surface area (Å²) < 4.78 is 34.4. The first-order chi connectivity index (χ1) is 7.97. The Morgan fingerprint density at radius 3 is 2.41 bits per heavy atom. The Labute approximate surface area is 101 Å². The Balaban J connectivity index is 1.92. The fraction of sp³-hybridized carbons (Fsp3) is 0.909. The second-order valence-electron chi connectivity index (χ2n) is 5.10. The molecular weight excluding hydrogens is 245 g/mol. The van der Waals surface area contributed by atoms with Crippen LogP contribution in [0.2, 0.25) is 0 Å². The molecule has 1 saturated carbocycles. The molecule has 2 fully saturated rings. The Kier molecular flexibility index (Phi) is 3.70. The summed E-state index contributed by atoms with van der Waals surface area (Å²) in [4.78, 5) is 13.1. The number of hydrogen-bond donors (Lipinski definition) is 0. The van der Waals surface area contributed by atoms with Crippen molar-refractivity contribution < 1.29 is 17.1 Å². The molecule has 0 bridgehead atoms. The van der Waals surface area contributed by atoms with E-state index in [1.807, 2.05) is 0 Å². The van der Waals surface area contributed by atoms with Crippen LogP contribution >= 0.6 is 0 Å². The molecule has 98 valence electrons. The molecule has 1 atom stereocenters. The van der Waals surface area contributed by atoms with E-state index in [2.05, 4.69) is 0 Å². The van der Waals surface area contributed by atoms with Gasteiger partial charge in [-0.1, -0.05) is 19.3 Å². The van der Waals surface area contributed by atoms with Gasteiger partial charge < -0.3 is 4.90 Å². The summed E-state index contributed by atoms with van der Waals surface area (Å²) in [5.74, 6) is 0.246. The molecule has 4 nitrogen and oxygen atoms in total. The molecule has 0 N–H and O–H groups in total. The number of nitrogens with zero attached hydrogens (tertiary/aromatic N) is 1. The van der Waals surface area contributed by atoms with Gasteiger partial charge in [-0.25, -0.2) is 0 Å². The summed E-state index contributed by atoms with van der Waals surface area (Å²) in [5, 5.41) is -1.14. The maximum atomic E-state index is 12.8. The van der Waals surface area contributed by atoms with Gasteiger partial charge in [0.2, 0.25) is 5.91 Å². The van der Waals surface area contributed by atoms with Crippen molar-refractivity contribution in [1.82, 2.24) is 4.90 Å². The van der Waals surface area contributed by atoms with E-state index in [9.17, 15) is 17.1 Å². The van der Waals surface area contributed by atoms with E-state index in [-0.39, 0.29) is 18.9 Å². The van der Waals surface area contributed by atoms with Crippen molar-refractivity contribution in [3.05, 3.63) is 0 Å². The van der Waals surface area contributed by atoms with Crippen molar-refractivity contribution in [3.63, 3.8) is 0 Å². The monoisotopic (exact) mass is 263 g/mol. The lowest BCUT2D eigenvalue weighted by atomic mass is 9.89. The van der Waals surface area contributed by atoms with Gasteiger partial charge in [0.1, 0.15) is 5.25 Å². The van der Waals surface area contributed by atoms with Crippen LogP contribution in [-0.4, -0.2) is 37.6 Å². The fourth-order valence-electron chi connectivity index (χ4n) is 2.78. The zero-order chi connectivity index (χ0) is 12.5. The molecule has 0 spiro atoms. The average Bonchev–Trinajstić information content (AvgIpc) is 2.62. The lowest BCUT2D eigenvalue weighted by molar-refractivity contribution is -0.128. The van der Waals surface area contributed by atoms with Gasteiger partial charge in [0.15, 0.2) is 0 Å². The van der Waals surface area contributed by atoms with Crippen LogP contribution in [0.4, 0.5) is 3.89 Å². The molecule has 1 unspecified atom stereocenters. The van der Waals surface area contributed by atoms with Gasteiger partial charge in [-0.3, -0.25) is 4.79 Å². The highest BCUT2D eigenvalue weighted by atomic mass is 32.3. The van der Waals surface area contributed by atoms with Gasteiger partial charge in [0, 0.05) is 19.5 Å². The summed E-state index contributed by atoms with van der Waals surface area (Å²) in [5.41, 5.74) is 0. The van der Waals surface area contributed by atoms with Crippen LogP contribution in [0, 0.1) is 5.92 Å². The Hall–Kier alpha value is -0.650. The molecule has 6 heteroatoms. The highest BCUT2D eigenvalue weighted by molar-refractivity contribution is 7.87. The minimum absolute atomic E-state index is 0.0359. The van der Waals surface area contributed by atoms with E-state index in [0.29, 0.717) is 12.5 Å². The van der Waals surface area contributed by atoms with Crippen molar-refractivity contribution >= 4 is 16.1 Å². The first-order valence-corrected chi connectivity index (χ1v) is 7.62. The van der Waals surface area contributed by atoms with E-state index in [1.165, 1.54) is 24.2 Å². The van der Waals surface area contributed by atoms with Crippen molar-refractivity contribution in [3.8, 4) is 0 Å². The normalized spacial score (nSPS) is 27.7.